The van der Waals surface area contributed by atoms with E-state index in [9.17, 15) is 18.8 Å². The minimum absolute atomic E-state index is 0.0750. The van der Waals surface area contributed by atoms with Gasteiger partial charge in [-0.25, -0.2) is 18.4 Å². The number of carbonyl (C=O) groups is 1. The molecule has 11 nitrogen and oxygen atoms in total. The zero-order valence-corrected chi connectivity index (χ0v) is 24.1. The van der Waals surface area contributed by atoms with Gasteiger partial charge in [-0.2, -0.15) is 5.10 Å². The zero-order chi connectivity index (χ0) is 29.3. The van der Waals surface area contributed by atoms with Gasteiger partial charge < -0.3 is 19.1 Å². The molecule has 13 heteroatoms. The Kier molecular flexibility index (Phi) is 8.38. The summed E-state index contributed by atoms with van der Waals surface area (Å²) in [5.74, 6) is -0.399. The summed E-state index contributed by atoms with van der Waals surface area (Å²) >= 11 is 1.24. The molecule has 218 valence electrons. The largest absolute Gasteiger partial charge is 0.496 e. The van der Waals surface area contributed by atoms with Crippen molar-refractivity contribution in [2.45, 2.75) is 38.5 Å². The third-order valence-electron chi connectivity index (χ3n) is 7.37. The third-order valence-corrected chi connectivity index (χ3v) is 8.67. The molecule has 3 aromatic heterocycles. The quantitative estimate of drug-likeness (QED) is 0.263. The highest BCUT2D eigenvalue weighted by Gasteiger charge is 2.33. The molecular formula is C28H32FN5O6S. The van der Waals surface area contributed by atoms with Gasteiger partial charge in [-0.1, -0.05) is 11.3 Å². The van der Waals surface area contributed by atoms with Gasteiger partial charge in [0.1, 0.15) is 33.5 Å². The van der Waals surface area contributed by atoms with Crippen LogP contribution in [0.1, 0.15) is 36.1 Å². The van der Waals surface area contributed by atoms with Crippen LogP contribution in [0.2, 0.25) is 0 Å². The second kappa shape index (κ2) is 12.0. The Labute approximate surface area is 239 Å². The number of methoxy groups -OCH3 is 2. The van der Waals surface area contributed by atoms with E-state index in [-0.39, 0.29) is 25.7 Å². The molecule has 0 radical (unpaired) electrons. The lowest BCUT2D eigenvalue weighted by atomic mass is 10.0. The Bertz CT molecular complexity index is 1680. The molecular weight excluding hydrogens is 553 g/mol. The van der Waals surface area contributed by atoms with E-state index >= 15 is 0 Å². The van der Waals surface area contributed by atoms with Crippen molar-refractivity contribution in [3.63, 3.8) is 0 Å². The molecule has 0 unspecified atom stereocenters. The molecule has 0 N–H and O–H groups in total. The molecule has 4 heterocycles. The van der Waals surface area contributed by atoms with Crippen molar-refractivity contribution in [1.29, 1.82) is 0 Å². The van der Waals surface area contributed by atoms with Crippen molar-refractivity contribution >= 4 is 27.5 Å². The summed E-state index contributed by atoms with van der Waals surface area (Å²) in [5.41, 5.74) is -0.129. The first-order chi connectivity index (χ1) is 19.8. The summed E-state index contributed by atoms with van der Waals surface area (Å²) in [6.07, 6.45) is 3.56. The Morgan fingerprint density at radius 2 is 2.00 bits per heavy atom. The number of benzene rings is 1. The summed E-state index contributed by atoms with van der Waals surface area (Å²) in [4.78, 5) is 43.4. The summed E-state index contributed by atoms with van der Waals surface area (Å²) in [6.45, 7) is 2.70. The highest BCUT2D eigenvalue weighted by atomic mass is 32.1. The number of nitrogens with zero attached hydrogens (tertiary/aromatic N) is 5. The monoisotopic (exact) mass is 585 g/mol. The predicted molar refractivity (Wildman–Crippen MR) is 152 cm³/mol. The summed E-state index contributed by atoms with van der Waals surface area (Å²) in [5, 5.41) is 5.31. The minimum Gasteiger partial charge on any atom is -0.496 e. The third kappa shape index (κ3) is 5.32. The van der Waals surface area contributed by atoms with E-state index in [0.29, 0.717) is 51.5 Å². The van der Waals surface area contributed by atoms with Crippen LogP contribution in [0.25, 0.3) is 15.2 Å². The van der Waals surface area contributed by atoms with Gasteiger partial charge in [0.05, 0.1) is 32.3 Å². The first-order valence-electron chi connectivity index (χ1n) is 13.2. The lowest BCUT2D eigenvalue weighted by Gasteiger charge is -2.30. The molecule has 1 saturated heterocycles. The number of fused-ring (bicyclic) bond motifs is 1. The molecule has 2 atom stereocenters. The van der Waals surface area contributed by atoms with Crippen LogP contribution in [0.4, 0.5) is 4.39 Å². The lowest BCUT2D eigenvalue weighted by Crippen LogP contribution is -2.49. The number of ether oxygens (including phenoxy) is 3. The van der Waals surface area contributed by atoms with Gasteiger partial charge in [-0.05, 0) is 44.0 Å². The number of hydrogen-bond acceptors (Lipinski definition) is 8. The normalized spacial score (nSPS) is 16.5. The fourth-order valence-electron chi connectivity index (χ4n) is 5.28. The van der Waals surface area contributed by atoms with E-state index in [1.807, 2.05) is 0 Å². The number of hydrogen-bond donors (Lipinski definition) is 0. The van der Waals surface area contributed by atoms with Gasteiger partial charge in [0.25, 0.3) is 5.56 Å². The first kappa shape index (κ1) is 28.7. The molecule has 1 aromatic carbocycles. The average Bonchev–Trinajstić information content (AvgIpc) is 3.60. The Balaban J connectivity index is 1.75. The van der Waals surface area contributed by atoms with Gasteiger partial charge in [-0.3, -0.25) is 14.2 Å². The molecule has 4 aromatic rings. The van der Waals surface area contributed by atoms with Crippen molar-refractivity contribution < 1.29 is 23.4 Å². The van der Waals surface area contributed by atoms with E-state index in [1.165, 1.54) is 48.3 Å². The van der Waals surface area contributed by atoms with Crippen molar-refractivity contribution in [1.82, 2.24) is 23.8 Å². The predicted octanol–water partition coefficient (Wildman–Crippen LogP) is 3.06. The van der Waals surface area contributed by atoms with Crippen LogP contribution in [-0.2, 0) is 20.8 Å². The van der Waals surface area contributed by atoms with Crippen LogP contribution < -0.4 is 16.0 Å². The highest BCUT2D eigenvalue weighted by molar-refractivity contribution is 7.21. The number of aromatic nitrogens is 4. The van der Waals surface area contributed by atoms with Gasteiger partial charge in [-0.15, -0.1) is 0 Å². The van der Waals surface area contributed by atoms with E-state index < -0.39 is 29.2 Å². The molecule has 0 bridgehead atoms. The topological polar surface area (TPSA) is 110 Å². The highest BCUT2D eigenvalue weighted by Crippen LogP contribution is 2.34. The number of rotatable bonds is 10. The van der Waals surface area contributed by atoms with Gasteiger partial charge >= 0.3 is 5.69 Å². The number of amides is 1. The van der Waals surface area contributed by atoms with Crippen molar-refractivity contribution in [3.05, 3.63) is 74.4 Å². The molecule has 41 heavy (non-hydrogen) atoms. The maximum Gasteiger partial charge on any atom is 0.332 e. The molecule has 1 amide bonds. The second-order valence-corrected chi connectivity index (χ2v) is 10.9. The maximum absolute atomic E-state index is 14.5. The molecule has 5 rings (SSSR count). The lowest BCUT2D eigenvalue weighted by molar-refractivity contribution is -0.136. The van der Waals surface area contributed by atoms with Gasteiger partial charge in [0.2, 0.25) is 5.91 Å². The number of carbonyl (C=O) groups excluding carboxylic acids is 1. The zero-order valence-electron chi connectivity index (χ0n) is 23.3. The fourth-order valence-corrected chi connectivity index (χ4v) is 6.53. The number of likely N-dealkylation sites (tertiary alicyclic amines) is 1. The van der Waals surface area contributed by atoms with Crippen LogP contribution in [0, 0.1) is 12.7 Å². The van der Waals surface area contributed by atoms with E-state index in [2.05, 4.69) is 5.10 Å². The summed E-state index contributed by atoms with van der Waals surface area (Å²) in [6, 6.07) is 4.92. The first-order valence-corrected chi connectivity index (χ1v) is 14.1. The smallest absolute Gasteiger partial charge is 0.332 e. The Hall–Kier alpha value is -3.81. The maximum atomic E-state index is 14.5. The minimum atomic E-state index is -0.937. The number of aryl methyl sites for hydroxylation is 1. The average molecular weight is 586 g/mol. The molecule has 1 fully saturated rings. The van der Waals surface area contributed by atoms with Crippen molar-refractivity contribution in [2.75, 3.05) is 41.0 Å². The van der Waals surface area contributed by atoms with Crippen LogP contribution in [0.15, 0.2) is 46.2 Å². The Morgan fingerprint density at radius 3 is 2.71 bits per heavy atom. The van der Waals surface area contributed by atoms with Crippen LogP contribution in [0.3, 0.4) is 0 Å². The van der Waals surface area contributed by atoms with Crippen LogP contribution in [0.5, 0.6) is 5.75 Å². The SMILES string of the molecule is COCCO[C@@H](Cn1c(=O)n([C@@H]2CCCN(C)C2=O)c(=O)c2c(C)c(-n3cccn3)sc21)c1cc(F)ccc1OC. The number of thiophene rings is 1. The molecule has 0 aliphatic carbocycles. The standard InChI is InChI=1S/C28H32FN5O6S/c1-17-23-25(36)34(20-7-5-11-31(2)24(20)35)28(37)32(27(23)41-26(17)33-12-6-10-30-33)16-22(40-14-13-38-3)19-15-18(29)8-9-21(19)39-4/h6,8-10,12,15,20,22H,5,7,11,13-14,16H2,1-4H3/t20-,22+/m1/s1. The van der Waals surface area contributed by atoms with Crippen molar-refractivity contribution in [2.24, 2.45) is 0 Å². The number of likely N-dealkylation sites (N-methyl/N-ethyl adjacent to an activating group) is 1. The van der Waals surface area contributed by atoms with Crippen molar-refractivity contribution in [3.8, 4) is 10.8 Å². The number of piperidine rings is 1. The van der Waals surface area contributed by atoms with Crippen LogP contribution in [-0.4, -0.2) is 70.7 Å². The van der Waals surface area contributed by atoms with E-state index in [1.54, 1.807) is 42.0 Å². The molecule has 1 aliphatic heterocycles. The van der Waals surface area contributed by atoms with E-state index in [4.69, 9.17) is 14.2 Å². The second-order valence-electron chi connectivity index (χ2n) is 9.89. The fraction of sp³-hybridized carbons (Fsp3) is 0.429. The van der Waals surface area contributed by atoms with Gasteiger partial charge in [0, 0.05) is 44.2 Å². The summed E-state index contributed by atoms with van der Waals surface area (Å²) in [7, 11) is 4.67. The Morgan fingerprint density at radius 1 is 1.20 bits per heavy atom. The number of halogens is 1. The molecule has 0 saturated carbocycles. The van der Waals surface area contributed by atoms with Crippen LogP contribution >= 0.6 is 11.3 Å². The van der Waals surface area contributed by atoms with E-state index in [0.717, 1.165) is 4.57 Å². The molecule has 0 spiro atoms. The van der Waals surface area contributed by atoms with Gasteiger partial charge in [0.15, 0.2) is 0 Å². The molecule has 1 aliphatic rings. The summed E-state index contributed by atoms with van der Waals surface area (Å²) < 4.78 is 35.4.